The summed E-state index contributed by atoms with van der Waals surface area (Å²) in [5.74, 6) is -1.09. The van der Waals surface area contributed by atoms with Crippen LogP contribution in [0.25, 0.3) is 0 Å². The Morgan fingerprint density at radius 3 is 2.47 bits per heavy atom. The number of rotatable bonds is 8. The van der Waals surface area contributed by atoms with Gasteiger partial charge in [-0.1, -0.05) is 6.92 Å². The number of carbonyl (C=O) groups is 2. The highest BCUT2D eigenvalue weighted by atomic mass is 32.2. The smallest absolute Gasteiger partial charge is 0.341 e. The molecule has 0 fully saturated rings. The van der Waals surface area contributed by atoms with Gasteiger partial charge in [-0.25, -0.2) is 17.5 Å². The number of sulfonamides is 1. The highest BCUT2D eigenvalue weighted by Crippen LogP contribution is 2.34. The van der Waals surface area contributed by atoms with E-state index in [-0.39, 0.29) is 11.5 Å². The fourth-order valence-electron chi connectivity index (χ4n) is 2.75. The molecule has 11 heteroatoms. The molecule has 1 amide bonds. The van der Waals surface area contributed by atoms with Crippen LogP contribution < -0.4 is 10.9 Å². The second-order valence-corrected chi connectivity index (χ2v) is 9.85. The number of nitrogens with one attached hydrogen (secondary N) is 1. The molecule has 1 N–H and O–H groups in total. The van der Waals surface area contributed by atoms with Crippen LogP contribution in [0.2, 0.25) is 0 Å². The van der Waals surface area contributed by atoms with Crippen molar-refractivity contribution in [1.82, 2.24) is 8.87 Å². The van der Waals surface area contributed by atoms with Gasteiger partial charge in [0.15, 0.2) is 0 Å². The summed E-state index contributed by atoms with van der Waals surface area (Å²) < 4.78 is 31.7. The number of nitrogens with zero attached hydrogens (tertiary/aromatic N) is 2. The van der Waals surface area contributed by atoms with Gasteiger partial charge in [0.2, 0.25) is 15.9 Å². The second kappa shape index (κ2) is 9.54. The van der Waals surface area contributed by atoms with Gasteiger partial charge in [-0.3, -0.25) is 9.59 Å². The van der Waals surface area contributed by atoms with Gasteiger partial charge < -0.3 is 14.6 Å². The van der Waals surface area contributed by atoms with E-state index in [1.165, 1.54) is 31.5 Å². The maximum Gasteiger partial charge on any atom is 0.341 e. The summed E-state index contributed by atoms with van der Waals surface area (Å²) in [4.78, 5) is 37.9. The number of pyridine rings is 1. The molecule has 2 aromatic heterocycles. The van der Waals surface area contributed by atoms with Crippen molar-refractivity contribution in [3.63, 3.8) is 0 Å². The lowest BCUT2D eigenvalue weighted by Crippen LogP contribution is -2.29. The van der Waals surface area contributed by atoms with E-state index in [0.717, 1.165) is 31.6 Å². The van der Waals surface area contributed by atoms with E-state index < -0.39 is 34.0 Å². The Labute approximate surface area is 179 Å². The van der Waals surface area contributed by atoms with Crippen molar-refractivity contribution in [2.24, 2.45) is 0 Å². The number of hydrogen-bond donors (Lipinski definition) is 1. The minimum atomic E-state index is -3.76. The summed E-state index contributed by atoms with van der Waals surface area (Å²) in [6, 6.07) is 2.29. The zero-order valence-electron chi connectivity index (χ0n) is 17.5. The Morgan fingerprint density at radius 1 is 1.23 bits per heavy atom. The second-order valence-electron chi connectivity index (χ2n) is 6.59. The van der Waals surface area contributed by atoms with Crippen LogP contribution >= 0.6 is 11.3 Å². The maximum absolute atomic E-state index is 12.6. The number of hydrogen-bond acceptors (Lipinski definition) is 7. The Hall–Kier alpha value is -2.50. The molecule has 0 saturated carbocycles. The van der Waals surface area contributed by atoms with Crippen LogP contribution in [0.1, 0.15) is 34.6 Å². The Bertz CT molecular complexity index is 1120. The maximum atomic E-state index is 12.6. The van der Waals surface area contributed by atoms with Crippen LogP contribution in [-0.4, -0.2) is 49.9 Å². The molecule has 0 radical (unpaired) electrons. The van der Waals surface area contributed by atoms with E-state index in [2.05, 4.69) is 5.32 Å². The van der Waals surface area contributed by atoms with Gasteiger partial charge in [-0.15, -0.1) is 11.3 Å². The van der Waals surface area contributed by atoms with Crippen LogP contribution in [0.5, 0.6) is 0 Å². The largest absolute Gasteiger partial charge is 0.462 e. The molecule has 0 aliphatic carbocycles. The topological polar surface area (TPSA) is 115 Å². The third-order valence-corrected chi connectivity index (χ3v) is 7.50. The van der Waals surface area contributed by atoms with Crippen LogP contribution in [0.15, 0.2) is 28.0 Å². The number of amides is 1. The minimum absolute atomic E-state index is 0.104. The van der Waals surface area contributed by atoms with Crippen molar-refractivity contribution >= 4 is 38.2 Å². The van der Waals surface area contributed by atoms with Gasteiger partial charge in [0.25, 0.3) is 5.56 Å². The standard InChI is InChI=1S/C19H25N3O6S2/c1-6-14-12(3)17(19(25)28-7-2)18(29-14)20-15(23)11-22-10-13(8-9-16(22)24)30(26,27)21(4)5/h8-10H,6-7,11H2,1-5H3,(H,20,23). The zero-order valence-corrected chi connectivity index (χ0v) is 19.1. The predicted octanol–water partition coefficient (Wildman–Crippen LogP) is 1.85. The van der Waals surface area contributed by atoms with E-state index in [0.29, 0.717) is 17.0 Å². The number of aromatic nitrogens is 1. The van der Waals surface area contributed by atoms with Crippen LogP contribution in [0.4, 0.5) is 5.00 Å². The van der Waals surface area contributed by atoms with Gasteiger partial charge in [0.05, 0.1) is 17.1 Å². The first-order chi connectivity index (χ1) is 14.0. The molecule has 164 valence electrons. The van der Waals surface area contributed by atoms with E-state index in [1.807, 2.05) is 6.92 Å². The van der Waals surface area contributed by atoms with E-state index in [1.54, 1.807) is 13.8 Å². The first kappa shape index (κ1) is 23.8. The summed E-state index contributed by atoms with van der Waals surface area (Å²) in [6.45, 7) is 5.22. The number of thiophene rings is 1. The molecular weight excluding hydrogens is 430 g/mol. The number of carbonyl (C=O) groups excluding carboxylic acids is 2. The minimum Gasteiger partial charge on any atom is -0.462 e. The van der Waals surface area contributed by atoms with Crippen molar-refractivity contribution in [3.8, 4) is 0 Å². The fourth-order valence-corrected chi connectivity index (χ4v) is 4.82. The van der Waals surface area contributed by atoms with Crippen LogP contribution in [0.3, 0.4) is 0 Å². The molecule has 0 spiro atoms. The van der Waals surface area contributed by atoms with E-state index in [9.17, 15) is 22.8 Å². The summed E-state index contributed by atoms with van der Waals surface area (Å²) in [5.41, 5.74) is 0.515. The van der Waals surface area contributed by atoms with Crippen molar-refractivity contribution in [3.05, 3.63) is 44.7 Å². The molecule has 0 aliphatic rings. The molecule has 9 nitrogen and oxygen atoms in total. The average molecular weight is 456 g/mol. The molecule has 2 rings (SSSR count). The third kappa shape index (κ3) is 4.97. The molecule has 0 aromatic carbocycles. The molecule has 0 saturated heterocycles. The lowest BCUT2D eigenvalue weighted by molar-refractivity contribution is -0.116. The van der Waals surface area contributed by atoms with E-state index >= 15 is 0 Å². The van der Waals surface area contributed by atoms with Gasteiger partial charge in [-0.05, 0) is 31.9 Å². The Morgan fingerprint density at radius 2 is 1.90 bits per heavy atom. The molecule has 2 heterocycles. The molecule has 0 atom stereocenters. The average Bonchev–Trinajstić information content (AvgIpc) is 2.98. The van der Waals surface area contributed by atoms with Gasteiger partial charge in [0.1, 0.15) is 11.5 Å². The number of esters is 1. The Kier molecular flexibility index (Phi) is 7.56. The summed E-state index contributed by atoms with van der Waals surface area (Å²) in [7, 11) is -1.01. The molecule has 0 bridgehead atoms. The number of aryl methyl sites for hydroxylation is 1. The molecular formula is C19H25N3O6S2. The highest BCUT2D eigenvalue weighted by molar-refractivity contribution is 7.89. The van der Waals surface area contributed by atoms with Crippen LogP contribution in [0, 0.1) is 6.92 Å². The zero-order chi connectivity index (χ0) is 22.6. The molecule has 30 heavy (non-hydrogen) atoms. The third-order valence-electron chi connectivity index (χ3n) is 4.35. The fraction of sp³-hybridized carbons (Fsp3) is 0.421. The van der Waals surface area contributed by atoms with Crippen molar-refractivity contribution in [2.45, 2.75) is 38.6 Å². The quantitative estimate of drug-likeness (QED) is 0.608. The SMILES string of the molecule is CCOC(=O)c1c(NC(=O)Cn2cc(S(=O)(=O)N(C)C)ccc2=O)sc(CC)c1C. The highest BCUT2D eigenvalue weighted by Gasteiger charge is 2.23. The lowest BCUT2D eigenvalue weighted by Gasteiger charge is -2.13. The van der Waals surface area contributed by atoms with Gasteiger partial charge >= 0.3 is 5.97 Å². The number of anilines is 1. The van der Waals surface area contributed by atoms with E-state index in [4.69, 9.17) is 4.74 Å². The van der Waals surface area contributed by atoms with Gasteiger partial charge in [-0.2, -0.15) is 0 Å². The van der Waals surface area contributed by atoms with Crippen molar-refractivity contribution in [2.75, 3.05) is 26.0 Å². The van der Waals surface area contributed by atoms with Crippen molar-refractivity contribution < 1.29 is 22.7 Å². The molecule has 2 aromatic rings. The lowest BCUT2D eigenvalue weighted by atomic mass is 10.1. The summed E-state index contributed by atoms with van der Waals surface area (Å²) >= 11 is 1.27. The van der Waals surface area contributed by atoms with Crippen LogP contribution in [-0.2, 0) is 32.5 Å². The monoisotopic (exact) mass is 455 g/mol. The normalized spacial score (nSPS) is 11.5. The summed E-state index contributed by atoms with van der Waals surface area (Å²) in [6.07, 6.45) is 1.81. The van der Waals surface area contributed by atoms with Gasteiger partial charge in [0, 0.05) is 31.2 Å². The predicted molar refractivity (Wildman–Crippen MR) is 115 cm³/mol. The first-order valence-electron chi connectivity index (χ1n) is 9.25. The molecule has 0 unspecified atom stereocenters. The first-order valence-corrected chi connectivity index (χ1v) is 11.5. The number of ether oxygens (including phenoxy) is 1. The summed E-state index contributed by atoms with van der Waals surface area (Å²) in [5, 5.41) is 3.01. The Balaban J connectivity index is 2.33. The molecule has 0 aliphatic heterocycles. The van der Waals surface area contributed by atoms with Crippen molar-refractivity contribution in [1.29, 1.82) is 0 Å².